The van der Waals surface area contributed by atoms with Crippen LogP contribution in [0.1, 0.15) is 30.9 Å². The molecule has 140 valence electrons. The average Bonchev–Trinajstić information content (AvgIpc) is 3.25. The number of nitrogens with one attached hydrogen (secondary N) is 1. The van der Waals surface area contributed by atoms with Gasteiger partial charge in [0, 0.05) is 24.7 Å². The Kier molecular flexibility index (Phi) is 6.63. The van der Waals surface area contributed by atoms with Crippen LogP contribution in [0.15, 0.2) is 65.4 Å². The minimum Gasteiger partial charge on any atom is -0.494 e. The van der Waals surface area contributed by atoms with E-state index >= 15 is 0 Å². The van der Waals surface area contributed by atoms with Crippen molar-refractivity contribution in [2.24, 2.45) is 0 Å². The standard InChI is InChI=1S/C22H24N2O3/c1-2-14-26-19-10-7-17(8-11-19)9-12-21(25)24-16-18-5-3-13-23-22(18)20-6-4-15-27-20/h3-8,10-11,13,15H,2,9,12,14,16H2,1H3,(H,24,25). The molecule has 3 aromatic rings. The first kappa shape index (κ1) is 18.7. The van der Waals surface area contributed by atoms with Crippen LogP contribution in [0.4, 0.5) is 0 Å². The van der Waals surface area contributed by atoms with Gasteiger partial charge in [-0.25, -0.2) is 0 Å². The number of aromatic nitrogens is 1. The number of amides is 1. The molecule has 1 amide bonds. The van der Waals surface area contributed by atoms with Crippen molar-refractivity contribution in [1.29, 1.82) is 0 Å². The molecular weight excluding hydrogens is 340 g/mol. The quantitative estimate of drug-likeness (QED) is 0.612. The maximum absolute atomic E-state index is 12.2. The normalized spacial score (nSPS) is 10.6. The van der Waals surface area contributed by atoms with Crippen molar-refractivity contribution in [2.45, 2.75) is 32.7 Å². The molecule has 5 nitrogen and oxygen atoms in total. The monoisotopic (exact) mass is 364 g/mol. The van der Waals surface area contributed by atoms with Crippen molar-refractivity contribution in [3.8, 4) is 17.2 Å². The van der Waals surface area contributed by atoms with Crippen LogP contribution in [0.2, 0.25) is 0 Å². The Morgan fingerprint density at radius 3 is 2.74 bits per heavy atom. The summed E-state index contributed by atoms with van der Waals surface area (Å²) in [5.74, 6) is 1.58. The highest BCUT2D eigenvalue weighted by atomic mass is 16.5. The number of hydrogen-bond donors (Lipinski definition) is 1. The number of carbonyl (C=O) groups excluding carboxylic acids is 1. The molecule has 0 unspecified atom stereocenters. The number of aryl methyl sites for hydroxylation is 1. The van der Waals surface area contributed by atoms with E-state index in [-0.39, 0.29) is 5.91 Å². The molecule has 0 saturated heterocycles. The lowest BCUT2D eigenvalue weighted by Gasteiger charge is -2.09. The molecule has 0 radical (unpaired) electrons. The smallest absolute Gasteiger partial charge is 0.220 e. The van der Waals surface area contributed by atoms with Gasteiger partial charge >= 0.3 is 0 Å². The summed E-state index contributed by atoms with van der Waals surface area (Å²) in [7, 11) is 0. The van der Waals surface area contributed by atoms with Gasteiger partial charge in [0.05, 0.1) is 12.9 Å². The topological polar surface area (TPSA) is 64.4 Å². The predicted octanol–water partition coefficient (Wildman–Crippen LogP) is 4.38. The van der Waals surface area contributed by atoms with Crippen LogP contribution >= 0.6 is 0 Å². The van der Waals surface area contributed by atoms with Crippen LogP contribution in [0.5, 0.6) is 5.75 Å². The summed E-state index contributed by atoms with van der Waals surface area (Å²) in [6.45, 7) is 3.22. The molecule has 0 aliphatic rings. The molecule has 2 aromatic heterocycles. The van der Waals surface area contributed by atoms with Gasteiger partial charge in [0.1, 0.15) is 11.4 Å². The lowest BCUT2D eigenvalue weighted by atomic mass is 10.1. The maximum Gasteiger partial charge on any atom is 0.220 e. The first-order valence-electron chi connectivity index (χ1n) is 9.22. The lowest BCUT2D eigenvalue weighted by Crippen LogP contribution is -2.23. The fourth-order valence-corrected chi connectivity index (χ4v) is 2.73. The van der Waals surface area contributed by atoms with E-state index in [0.717, 1.165) is 35.6 Å². The zero-order valence-corrected chi connectivity index (χ0v) is 15.5. The second-order valence-electron chi connectivity index (χ2n) is 6.26. The Balaban J connectivity index is 1.49. The van der Waals surface area contributed by atoms with E-state index in [1.54, 1.807) is 12.5 Å². The number of ether oxygens (including phenoxy) is 1. The summed E-state index contributed by atoms with van der Waals surface area (Å²) in [6.07, 6.45) is 5.45. The number of furan rings is 1. The highest BCUT2D eigenvalue weighted by molar-refractivity contribution is 5.76. The molecule has 5 heteroatoms. The molecule has 3 rings (SSSR count). The van der Waals surface area contributed by atoms with E-state index in [0.29, 0.717) is 25.1 Å². The van der Waals surface area contributed by atoms with Crippen LogP contribution in [-0.4, -0.2) is 17.5 Å². The molecule has 0 spiro atoms. The van der Waals surface area contributed by atoms with Gasteiger partial charge in [-0.1, -0.05) is 25.1 Å². The van der Waals surface area contributed by atoms with E-state index in [4.69, 9.17) is 9.15 Å². The van der Waals surface area contributed by atoms with Crippen molar-refractivity contribution < 1.29 is 13.9 Å². The van der Waals surface area contributed by atoms with Crippen LogP contribution in [0, 0.1) is 0 Å². The highest BCUT2D eigenvalue weighted by Gasteiger charge is 2.10. The molecule has 1 aromatic carbocycles. The van der Waals surface area contributed by atoms with Gasteiger partial charge in [0.2, 0.25) is 5.91 Å². The van der Waals surface area contributed by atoms with Gasteiger partial charge in [-0.3, -0.25) is 9.78 Å². The molecule has 27 heavy (non-hydrogen) atoms. The first-order chi connectivity index (χ1) is 13.3. The number of benzene rings is 1. The van der Waals surface area contributed by atoms with Crippen LogP contribution in [-0.2, 0) is 17.8 Å². The van der Waals surface area contributed by atoms with Crippen molar-refractivity contribution in [2.75, 3.05) is 6.61 Å². The van der Waals surface area contributed by atoms with Gasteiger partial charge in [0.15, 0.2) is 5.76 Å². The zero-order valence-electron chi connectivity index (χ0n) is 15.5. The third-order valence-electron chi connectivity index (χ3n) is 4.16. The molecule has 2 heterocycles. The number of rotatable bonds is 9. The minimum absolute atomic E-state index is 0.00978. The molecule has 0 fully saturated rings. The first-order valence-corrected chi connectivity index (χ1v) is 9.22. The van der Waals surface area contributed by atoms with Gasteiger partial charge < -0.3 is 14.5 Å². The highest BCUT2D eigenvalue weighted by Crippen LogP contribution is 2.21. The number of carbonyl (C=O) groups is 1. The Morgan fingerprint density at radius 1 is 1.15 bits per heavy atom. The molecule has 0 atom stereocenters. The molecule has 0 bridgehead atoms. The zero-order chi connectivity index (χ0) is 18.9. The van der Waals surface area contributed by atoms with Crippen molar-refractivity contribution in [3.05, 3.63) is 72.1 Å². The molecular formula is C22H24N2O3. The summed E-state index contributed by atoms with van der Waals surface area (Å²) < 4.78 is 11.0. The van der Waals surface area contributed by atoms with E-state index in [1.165, 1.54) is 0 Å². The molecule has 0 aliphatic heterocycles. The summed E-state index contributed by atoms with van der Waals surface area (Å²) in [5.41, 5.74) is 2.80. The summed E-state index contributed by atoms with van der Waals surface area (Å²) in [4.78, 5) is 16.6. The van der Waals surface area contributed by atoms with Gasteiger partial charge in [-0.2, -0.15) is 0 Å². The van der Waals surface area contributed by atoms with Gasteiger partial charge in [0.25, 0.3) is 0 Å². The van der Waals surface area contributed by atoms with Crippen LogP contribution < -0.4 is 10.1 Å². The SMILES string of the molecule is CCCOc1ccc(CCC(=O)NCc2cccnc2-c2ccco2)cc1. The molecule has 1 N–H and O–H groups in total. The summed E-state index contributed by atoms with van der Waals surface area (Å²) in [5, 5.41) is 2.97. The maximum atomic E-state index is 12.2. The van der Waals surface area contributed by atoms with Crippen molar-refractivity contribution >= 4 is 5.91 Å². The van der Waals surface area contributed by atoms with Crippen LogP contribution in [0.25, 0.3) is 11.5 Å². The van der Waals surface area contributed by atoms with Crippen molar-refractivity contribution in [3.63, 3.8) is 0 Å². The predicted molar refractivity (Wildman–Crippen MR) is 104 cm³/mol. The largest absolute Gasteiger partial charge is 0.494 e. The second-order valence-corrected chi connectivity index (χ2v) is 6.26. The Morgan fingerprint density at radius 2 is 2.00 bits per heavy atom. The second kappa shape index (κ2) is 9.57. The minimum atomic E-state index is 0.00978. The fourth-order valence-electron chi connectivity index (χ4n) is 2.73. The van der Waals surface area contributed by atoms with Crippen LogP contribution in [0.3, 0.4) is 0 Å². The summed E-state index contributed by atoms with van der Waals surface area (Å²) in [6, 6.07) is 15.4. The van der Waals surface area contributed by atoms with E-state index in [2.05, 4.69) is 17.2 Å². The van der Waals surface area contributed by atoms with E-state index < -0.39 is 0 Å². The lowest BCUT2D eigenvalue weighted by molar-refractivity contribution is -0.121. The molecule has 0 aliphatic carbocycles. The Hall–Kier alpha value is -3.08. The third-order valence-corrected chi connectivity index (χ3v) is 4.16. The fraction of sp³-hybridized carbons (Fsp3) is 0.273. The number of hydrogen-bond acceptors (Lipinski definition) is 4. The van der Waals surface area contributed by atoms with E-state index in [9.17, 15) is 4.79 Å². The Labute approximate surface area is 159 Å². The van der Waals surface area contributed by atoms with Gasteiger partial charge in [-0.15, -0.1) is 0 Å². The number of pyridine rings is 1. The third kappa shape index (κ3) is 5.45. The molecule has 0 saturated carbocycles. The average molecular weight is 364 g/mol. The van der Waals surface area contributed by atoms with Gasteiger partial charge in [-0.05, 0) is 48.7 Å². The van der Waals surface area contributed by atoms with Crippen molar-refractivity contribution in [1.82, 2.24) is 10.3 Å². The number of nitrogens with zero attached hydrogens (tertiary/aromatic N) is 1. The van der Waals surface area contributed by atoms with E-state index in [1.807, 2.05) is 48.5 Å². The Bertz CT molecular complexity index is 842. The summed E-state index contributed by atoms with van der Waals surface area (Å²) >= 11 is 0.